The Morgan fingerprint density at radius 1 is 1.50 bits per heavy atom. The van der Waals surface area contributed by atoms with Crippen LogP contribution in [-0.4, -0.2) is 49.0 Å². The van der Waals surface area contributed by atoms with Gasteiger partial charge in [0.15, 0.2) is 0 Å². The number of amides is 1. The lowest BCUT2D eigenvalue weighted by Gasteiger charge is -2.20. The fourth-order valence-electron chi connectivity index (χ4n) is 1.46. The van der Waals surface area contributed by atoms with Crippen LogP contribution in [0.5, 0.6) is 0 Å². The average molecular weight is 216 g/mol. The van der Waals surface area contributed by atoms with Gasteiger partial charge in [0.2, 0.25) is 5.91 Å². The van der Waals surface area contributed by atoms with Gasteiger partial charge in [-0.25, -0.2) is 0 Å². The summed E-state index contributed by atoms with van der Waals surface area (Å²) >= 11 is 1.80. The van der Waals surface area contributed by atoms with E-state index in [0.29, 0.717) is 0 Å². The van der Waals surface area contributed by atoms with Crippen LogP contribution in [0.3, 0.4) is 0 Å². The summed E-state index contributed by atoms with van der Waals surface area (Å²) in [6, 6.07) is 0. The summed E-state index contributed by atoms with van der Waals surface area (Å²) in [5, 5.41) is 3.20. The molecule has 1 aliphatic heterocycles. The number of thioether (sulfide) groups is 1. The van der Waals surface area contributed by atoms with E-state index in [2.05, 4.69) is 10.2 Å². The van der Waals surface area contributed by atoms with Gasteiger partial charge in [0.05, 0.1) is 5.25 Å². The monoisotopic (exact) mass is 216 g/mol. The molecule has 1 fully saturated rings. The molecule has 1 amide bonds. The Kier molecular flexibility index (Phi) is 5.33. The van der Waals surface area contributed by atoms with Crippen molar-refractivity contribution in [2.75, 3.05) is 32.9 Å². The SMILES string of the molecule is CN(C)CCNC(=O)C1CCCCS1. The summed E-state index contributed by atoms with van der Waals surface area (Å²) in [6.07, 6.45) is 3.53. The van der Waals surface area contributed by atoms with Crippen LogP contribution in [0, 0.1) is 0 Å². The predicted octanol–water partition coefficient (Wildman–Crippen LogP) is 0.950. The summed E-state index contributed by atoms with van der Waals surface area (Å²) < 4.78 is 0. The van der Waals surface area contributed by atoms with Crippen LogP contribution in [0.15, 0.2) is 0 Å². The minimum absolute atomic E-state index is 0.214. The molecule has 1 unspecified atom stereocenters. The van der Waals surface area contributed by atoms with Crippen molar-refractivity contribution in [2.24, 2.45) is 0 Å². The lowest BCUT2D eigenvalue weighted by Crippen LogP contribution is -2.37. The molecule has 0 saturated carbocycles. The highest BCUT2D eigenvalue weighted by molar-refractivity contribution is 8.00. The first-order valence-electron chi connectivity index (χ1n) is 5.24. The molecule has 82 valence electrons. The number of carbonyl (C=O) groups is 1. The van der Waals surface area contributed by atoms with Crippen molar-refractivity contribution in [3.05, 3.63) is 0 Å². The minimum atomic E-state index is 0.214. The smallest absolute Gasteiger partial charge is 0.233 e. The van der Waals surface area contributed by atoms with Gasteiger partial charge in [-0.15, -0.1) is 11.8 Å². The predicted molar refractivity (Wildman–Crippen MR) is 61.7 cm³/mol. The molecule has 1 rings (SSSR count). The van der Waals surface area contributed by atoms with Crippen molar-refractivity contribution in [1.82, 2.24) is 10.2 Å². The Bertz CT molecular complexity index is 179. The van der Waals surface area contributed by atoms with E-state index in [1.54, 1.807) is 11.8 Å². The van der Waals surface area contributed by atoms with Crippen LogP contribution in [0.2, 0.25) is 0 Å². The highest BCUT2D eigenvalue weighted by Gasteiger charge is 2.20. The van der Waals surface area contributed by atoms with Crippen LogP contribution in [0.4, 0.5) is 0 Å². The molecule has 0 bridgehead atoms. The van der Waals surface area contributed by atoms with Crippen molar-refractivity contribution in [3.8, 4) is 0 Å². The van der Waals surface area contributed by atoms with Gasteiger partial charge in [-0.1, -0.05) is 6.42 Å². The summed E-state index contributed by atoms with van der Waals surface area (Å²) in [5.41, 5.74) is 0. The quantitative estimate of drug-likeness (QED) is 0.759. The topological polar surface area (TPSA) is 32.3 Å². The van der Waals surface area contributed by atoms with Gasteiger partial charge in [0.25, 0.3) is 0 Å². The number of hydrogen-bond donors (Lipinski definition) is 1. The highest BCUT2D eigenvalue weighted by atomic mass is 32.2. The molecule has 0 aromatic carbocycles. The molecule has 1 N–H and O–H groups in total. The second-order valence-corrected chi connectivity index (χ2v) is 5.26. The van der Waals surface area contributed by atoms with Gasteiger partial charge in [0.1, 0.15) is 0 Å². The van der Waals surface area contributed by atoms with E-state index in [-0.39, 0.29) is 11.2 Å². The van der Waals surface area contributed by atoms with Crippen LogP contribution >= 0.6 is 11.8 Å². The fraction of sp³-hybridized carbons (Fsp3) is 0.900. The van der Waals surface area contributed by atoms with Crippen molar-refractivity contribution in [2.45, 2.75) is 24.5 Å². The van der Waals surface area contributed by atoms with E-state index in [9.17, 15) is 4.79 Å². The largest absolute Gasteiger partial charge is 0.354 e. The summed E-state index contributed by atoms with van der Waals surface area (Å²) in [4.78, 5) is 13.7. The van der Waals surface area contributed by atoms with Crippen LogP contribution < -0.4 is 5.32 Å². The maximum absolute atomic E-state index is 11.6. The van der Waals surface area contributed by atoms with E-state index in [1.807, 2.05) is 14.1 Å². The maximum atomic E-state index is 11.6. The number of nitrogens with zero attached hydrogens (tertiary/aromatic N) is 1. The second kappa shape index (κ2) is 6.30. The third-order valence-electron chi connectivity index (χ3n) is 2.33. The zero-order chi connectivity index (χ0) is 10.4. The number of likely N-dealkylation sites (N-methyl/N-ethyl adjacent to an activating group) is 1. The Morgan fingerprint density at radius 2 is 2.29 bits per heavy atom. The average Bonchev–Trinajstić information content (AvgIpc) is 2.18. The van der Waals surface area contributed by atoms with E-state index in [1.165, 1.54) is 12.8 Å². The van der Waals surface area contributed by atoms with Gasteiger partial charge in [-0.3, -0.25) is 4.79 Å². The number of rotatable bonds is 4. The number of hydrogen-bond acceptors (Lipinski definition) is 3. The first-order valence-corrected chi connectivity index (χ1v) is 6.29. The van der Waals surface area contributed by atoms with Gasteiger partial charge in [-0.05, 0) is 32.7 Å². The molecule has 0 radical (unpaired) electrons. The Morgan fingerprint density at radius 3 is 2.86 bits per heavy atom. The van der Waals surface area contributed by atoms with Gasteiger partial charge in [0, 0.05) is 13.1 Å². The summed E-state index contributed by atoms with van der Waals surface area (Å²) in [5.74, 6) is 1.38. The molecule has 0 aliphatic carbocycles. The standard InChI is InChI=1S/C10H20N2OS/c1-12(2)7-6-11-10(13)9-5-3-4-8-14-9/h9H,3-8H2,1-2H3,(H,11,13). The minimum Gasteiger partial charge on any atom is -0.354 e. The normalized spacial score (nSPS) is 22.4. The molecule has 0 aromatic heterocycles. The van der Waals surface area contributed by atoms with Crippen molar-refractivity contribution < 1.29 is 4.79 Å². The fourth-order valence-corrected chi connectivity index (χ4v) is 2.69. The van der Waals surface area contributed by atoms with Gasteiger partial charge < -0.3 is 10.2 Å². The van der Waals surface area contributed by atoms with Crippen molar-refractivity contribution >= 4 is 17.7 Å². The van der Waals surface area contributed by atoms with Crippen molar-refractivity contribution in [1.29, 1.82) is 0 Å². The Hall–Kier alpha value is -0.220. The number of carbonyl (C=O) groups excluding carboxylic acids is 1. The van der Waals surface area contributed by atoms with E-state index in [4.69, 9.17) is 0 Å². The highest BCUT2D eigenvalue weighted by Crippen LogP contribution is 2.24. The Labute approximate surface area is 90.6 Å². The zero-order valence-electron chi connectivity index (χ0n) is 9.08. The number of nitrogens with one attached hydrogen (secondary N) is 1. The zero-order valence-corrected chi connectivity index (χ0v) is 9.90. The molecule has 0 aromatic rings. The van der Waals surface area contributed by atoms with Crippen LogP contribution in [0.1, 0.15) is 19.3 Å². The van der Waals surface area contributed by atoms with E-state index in [0.717, 1.165) is 25.3 Å². The molecular formula is C10H20N2OS. The summed E-state index contributed by atoms with van der Waals surface area (Å²) in [6.45, 7) is 1.69. The maximum Gasteiger partial charge on any atom is 0.233 e. The molecule has 1 aliphatic rings. The first kappa shape index (κ1) is 11.9. The molecule has 0 spiro atoms. The molecule has 1 heterocycles. The molecule has 3 nitrogen and oxygen atoms in total. The van der Waals surface area contributed by atoms with E-state index < -0.39 is 0 Å². The van der Waals surface area contributed by atoms with Crippen molar-refractivity contribution in [3.63, 3.8) is 0 Å². The third kappa shape index (κ3) is 4.33. The molecule has 14 heavy (non-hydrogen) atoms. The lowest BCUT2D eigenvalue weighted by atomic mass is 10.2. The van der Waals surface area contributed by atoms with Gasteiger partial charge in [-0.2, -0.15) is 0 Å². The third-order valence-corrected chi connectivity index (χ3v) is 3.71. The van der Waals surface area contributed by atoms with Gasteiger partial charge >= 0.3 is 0 Å². The Balaban J connectivity index is 2.13. The molecule has 1 saturated heterocycles. The second-order valence-electron chi connectivity index (χ2n) is 3.95. The summed E-state index contributed by atoms with van der Waals surface area (Å²) in [7, 11) is 4.03. The molecule has 1 atom stereocenters. The van der Waals surface area contributed by atoms with Crippen LogP contribution in [-0.2, 0) is 4.79 Å². The molecule has 4 heteroatoms. The van der Waals surface area contributed by atoms with Crippen LogP contribution in [0.25, 0.3) is 0 Å². The molecular weight excluding hydrogens is 196 g/mol. The van der Waals surface area contributed by atoms with E-state index >= 15 is 0 Å². The lowest BCUT2D eigenvalue weighted by molar-refractivity contribution is -0.120. The first-order chi connectivity index (χ1) is 6.70.